The molecule has 0 atom stereocenters. The van der Waals surface area contributed by atoms with Gasteiger partial charge >= 0.3 is 5.97 Å². The highest BCUT2D eigenvalue weighted by atomic mass is 32.1. The second kappa shape index (κ2) is 7.43. The number of hydrogen-bond acceptors (Lipinski definition) is 5. The highest BCUT2D eigenvalue weighted by Gasteiger charge is 2.25. The summed E-state index contributed by atoms with van der Waals surface area (Å²) in [6.07, 6.45) is 1.23. The number of fused-ring (bicyclic) bond motifs is 1. The van der Waals surface area contributed by atoms with E-state index in [0.717, 1.165) is 29.9 Å². The largest absolute Gasteiger partial charge is 0.465 e. The number of benzene rings is 1. The maximum atomic E-state index is 13.3. The summed E-state index contributed by atoms with van der Waals surface area (Å²) >= 11 is 1.03. The number of esters is 1. The topological polar surface area (TPSA) is 84.1 Å². The fraction of sp³-hybridized carbons (Fsp3) is 0.278. The number of carbonyl (C=O) groups excluding carboxylic acids is 2. The summed E-state index contributed by atoms with van der Waals surface area (Å²) in [4.78, 5) is 31.8. The molecular weight excluding hydrogens is 376 g/mol. The van der Waals surface area contributed by atoms with E-state index >= 15 is 0 Å². The predicted molar refractivity (Wildman–Crippen MR) is 98.4 cm³/mol. The maximum absolute atomic E-state index is 13.3. The third-order valence-corrected chi connectivity index (χ3v) is 4.99. The first kappa shape index (κ1) is 19.0. The molecule has 1 amide bonds. The zero-order valence-corrected chi connectivity index (χ0v) is 15.7. The van der Waals surface area contributed by atoms with Crippen LogP contribution in [-0.4, -0.2) is 29.0 Å². The van der Waals surface area contributed by atoms with E-state index in [-0.39, 0.29) is 16.3 Å². The minimum Gasteiger partial charge on any atom is -0.465 e. The molecule has 6 nitrogen and oxygen atoms in total. The van der Waals surface area contributed by atoms with Crippen LogP contribution in [-0.2, 0) is 11.2 Å². The van der Waals surface area contributed by atoms with Crippen molar-refractivity contribution in [2.75, 3.05) is 12.4 Å². The van der Waals surface area contributed by atoms with Crippen molar-refractivity contribution in [1.29, 1.82) is 0 Å². The first-order valence-corrected chi connectivity index (χ1v) is 9.04. The number of H-pyrrole nitrogens is 1. The third-order valence-electron chi connectivity index (χ3n) is 4.06. The fourth-order valence-electron chi connectivity index (χ4n) is 2.89. The van der Waals surface area contributed by atoms with Crippen LogP contribution in [0.2, 0.25) is 0 Å². The molecule has 3 aromatic rings. The molecule has 2 heterocycles. The average molecular weight is 393 g/mol. The third kappa shape index (κ3) is 3.55. The molecule has 0 aliphatic rings. The van der Waals surface area contributed by atoms with Crippen LogP contribution in [0, 0.1) is 18.6 Å². The van der Waals surface area contributed by atoms with E-state index in [2.05, 4.69) is 15.3 Å². The molecule has 27 heavy (non-hydrogen) atoms. The van der Waals surface area contributed by atoms with Crippen molar-refractivity contribution in [3.63, 3.8) is 0 Å². The van der Waals surface area contributed by atoms with E-state index < -0.39 is 23.5 Å². The monoisotopic (exact) mass is 393 g/mol. The number of aromatic amines is 1. The number of nitrogens with zero attached hydrogens (tertiary/aromatic N) is 1. The molecule has 0 aliphatic carbocycles. The van der Waals surface area contributed by atoms with Gasteiger partial charge in [0, 0.05) is 11.8 Å². The standard InChI is InChI=1S/C18H17F2N3O3S/c1-4-5-9-14(17(25)26-3)8(2)21-15(9)16(24)23-18-22-12-6-10(19)11(20)7-13(12)27-18/h6-7,21H,4-5H2,1-3H3,(H,22,23,24). The number of methoxy groups -OCH3 is 1. The van der Waals surface area contributed by atoms with Gasteiger partial charge in [-0.15, -0.1) is 0 Å². The van der Waals surface area contributed by atoms with Crippen LogP contribution in [0.3, 0.4) is 0 Å². The molecular formula is C18H17F2N3O3S. The Balaban J connectivity index is 1.95. The summed E-state index contributed by atoms with van der Waals surface area (Å²) in [5.74, 6) is -2.98. The Morgan fingerprint density at radius 1 is 1.30 bits per heavy atom. The number of aryl methyl sites for hydroxylation is 1. The molecule has 9 heteroatoms. The van der Waals surface area contributed by atoms with Gasteiger partial charge in [0.05, 0.1) is 22.9 Å². The number of aromatic nitrogens is 2. The Labute approximate surface area is 157 Å². The molecule has 0 aliphatic heterocycles. The quantitative estimate of drug-likeness (QED) is 0.636. The van der Waals surface area contributed by atoms with Crippen LogP contribution in [0.5, 0.6) is 0 Å². The maximum Gasteiger partial charge on any atom is 0.339 e. The number of rotatable bonds is 5. The summed E-state index contributed by atoms with van der Waals surface area (Å²) in [7, 11) is 1.28. The van der Waals surface area contributed by atoms with Crippen molar-refractivity contribution < 1.29 is 23.1 Å². The van der Waals surface area contributed by atoms with Gasteiger partial charge in [-0.05, 0) is 25.0 Å². The number of halogens is 2. The highest BCUT2D eigenvalue weighted by Crippen LogP contribution is 2.29. The highest BCUT2D eigenvalue weighted by molar-refractivity contribution is 7.22. The van der Waals surface area contributed by atoms with Gasteiger partial charge in [0.25, 0.3) is 5.91 Å². The number of carbonyl (C=O) groups is 2. The smallest absolute Gasteiger partial charge is 0.339 e. The van der Waals surface area contributed by atoms with Crippen LogP contribution in [0.1, 0.15) is 45.4 Å². The van der Waals surface area contributed by atoms with Crippen molar-refractivity contribution in [2.45, 2.75) is 26.7 Å². The van der Waals surface area contributed by atoms with E-state index in [9.17, 15) is 18.4 Å². The van der Waals surface area contributed by atoms with E-state index in [1.54, 1.807) is 6.92 Å². The number of amides is 1. The number of hydrogen-bond donors (Lipinski definition) is 2. The van der Waals surface area contributed by atoms with E-state index in [0.29, 0.717) is 27.9 Å². The minimum absolute atomic E-state index is 0.203. The Morgan fingerprint density at radius 3 is 2.67 bits per heavy atom. The minimum atomic E-state index is -1.00. The number of anilines is 1. The van der Waals surface area contributed by atoms with E-state index in [1.165, 1.54) is 7.11 Å². The molecule has 2 N–H and O–H groups in total. The van der Waals surface area contributed by atoms with E-state index in [1.807, 2.05) is 6.92 Å². The molecule has 0 bridgehead atoms. The lowest BCUT2D eigenvalue weighted by atomic mass is 10.0. The van der Waals surface area contributed by atoms with Gasteiger partial charge in [-0.1, -0.05) is 24.7 Å². The zero-order chi connectivity index (χ0) is 19.7. The second-order valence-corrected chi connectivity index (χ2v) is 6.96. The number of nitrogens with one attached hydrogen (secondary N) is 2. The fourth-order valence-corrected chi connectivity index (χ4v) is 3.75. The van der Waals surface area contributed by atoms with Gasteiger partial charge in [0.2, 0.25) is 0 Å². The average Bonchev–Trinajstić information content (AvgIpc) is 3.15. The molecule has 0 spiro atoms. The summed E-state index contributed by atoms with van der Waals surface area (Å²) < 4.78 is 31.9. The van der Waals surface area contributed by atoms with Gasteiger partial charge in [-0.2, -0.15) is 0 Å². The van der Waals surface area contributed by atoms with Crippen molar-refractivity contribution in [1.82, 2.24) is 9.97 Å². The van der Waals surface area contributed by atoms with Crippen LogP contribution >= 0.6 is 11.3 Å². The molecule has 0 fully saturated rings. The van der Waals surface area contributed by atoms with Crippen molar-refractivity contribution in [2.24, 2.45) is 0 Å². The number of ether oxygens (including phenoxy) is 1. The molecule has 2 aromatic heterocycles. The first-order chi connectivity index (χ1) is 12.8. The molecule has 0 saturated carbocycles. The molecule has 0 radical (unpaired) electrons. The van der Waals surface area contributed by atoms with E-state index in [4.69, 9.17) is 4.74 Å². The van der Waals surface area contributed by atoms with Crippen LogP contribution in [0.4, 0.5) is 13.9 Å². The predicted octanol–water partition coefficient (Wildman–Crippen LogP) is 4.20. The van der Waals surface area contributed by atoms with Crippen molar-refractivity contribution in [3.05, 3.63) is 46.3 Å². The Bertz CT molecular complexity index is 1000. The van der Waals surface area contributed by atoms with Crippen LogP contribution in [0.15, 0.2) is 12.1 Å². The second-order valence-electron chi connectivity index (χ2n) is 5.93. The SMILES string of the molecule is CCCc1c(C(=O)Nc2nc3cc(F)c(F)cc3s2)[nH]c(C)c1C(=O)OC. The lowest BCUT2D eigenvalue weighted by Crippen LogP contribution is -2.15. The van der Waals surface area contributed by atoms with Gasteiger partial charge in [0.15, 0.2) is 16.8 Å². The Hall–Kier alpha value is -2.81. The normalized spacial score (nSPS) is 11.0. The lowest BCUT2D eigenvalue weighted by Gasteiger charge is -2.05. The van der Waals surface area contributed by atoms with Crippen LogP contribution < -0.4 is 5.32 Å². The van der Waals surface area contributed by atoms with Gasteiger partial charge in [-0.3, -0.25) is 10.1 Å². The molecule has 142 valence electrons. The lowest BCUT2D eigenvalue weighted by molar-refractivity contribution is 0.0599. The summed E-state index contributed by atoms with van der Waals surface area (Å²) in [6.45, 7) is 3.62. The Morgan fingerprint density at radius 2 is 2.00 bits per heavy atom. The van der Waals surface area contributed by atoms with Crippen LogP contribution in [0.25, 0.3) is 10.2 Å². The molecule has 0 saturated heterocycles. The summed E-state index contributed by atoms with van der Waals surface area (Å²) in [6, 6.07) is 2.02. The Kier molecular flexibility index (Phi) is 5.22. The zero-order valence-electron chi connectivity index (χ0n) is 14.9. The van der Waals surface area contributed by atoms with Gasteiger partial charge < -0.3 is 9.72 Å². The van der Waals surface area contributed by atoms with Crippen molar-refractivity contribution >= 4 is 38.6 Å². The number of thiazole rings is 1. The van der Waals surface area contributed by atoms with Gasteiger partial charge in [0.1, 0.15) is 5.69 Å². The summed E-state index contributed by atoms with van der Waals surface area (Å²) in [5.41, 5.74) is 1.94. The molecule has 3 rings (SSSR count). The summed E-state index contributed by atoms with van der Waals surface area (Å²) in [5, 5.41) is 2.83. The molecule has 1 aromatic carbocycles. The first-order valence-electron chi connectivity index (χ1n) is 8.22. The van der Waals surface area contributed by atoms with Gasteiger partial charge in [-0.25, -0.2) is 18.6 Å². The van der Waals surface area contributed by atoms with Crippen molar-refractivity contribution in [3.8, 4) is 0 Å². The molecule has 0 unspecified atom stereocenters.